The van der Waals surface area contributed by atoms with E-state index < -0.39 is 0 Å². The van der Waals surface area contributed by atoms with Crippen molar-refractivity contribution in [2.45, 2.75) is 80.6 Å². The number of ketones is 1. The molecule has 0 saturated heterocycles. The molecular formula is C20H36O. The summed E-state index contributed by atoms with van der Waals surface area (Å²) in [5, 5.41) is 0. The van der Waals surface area contributed by atoms with Crippen LogP contribution in [0, 0.1) is 17.3 Å². The average Bonchev–Trinajstić information content (AvgIpc) is 2.38. The summed E-state index contributed by atoms with van der Waals surface area (Å²) in [6.45, 7) is 15.2. The molecule has 0 radical (unpaired) electrons. The van der Waals surface area contributed by atoms with Crippen molar-refractivity contribution >= 4 is 5.78 Å². The van der Waals surface area contributed by atoms with Crippen molar-refractivity contribution in [3.05, 3.63) is 23.8 Å². The number of hydrogen-bond acceptors (Lipinski definition) is 1. The molecule has 1 unspecified atom stereocenters. The summed E-state index contributed by atoms with van der Waals surface area (Å²) < 4.78 is 0. The van der Waals surface area contributed by atoms with Crippen LogP contribution in [0.3, 0.4) is 0 Å². The topological polar surface area (TPSA) is 17.1 Å². The van der Waals surface area contributed by atoms with Crippen LogP contribution in [0.5, 0.6) is 0 Å². The molecular weight excluding hydrogens is 256 g/mol. The Hall–Kier alpha value is -0.850. The SMILES string of the molecule is CCC(C)(C)CCCC(C)CC=CC(C)=CC(=O)C(C)C. The third-order valence-corrected chi connectivity index (χ3v) is 4.37. The molecule has 0 amide bonds. The monoisotopic (exact) mass is 292 g/mol. The van der Waals surface area contributed by atoms with E-state index in [2.05, 4.69) is 39.8 Å². The van der Waals surface area contributed by atoms with Gasteiger partial charge in [-0.1, -0.05) is 73.0 Å². The van der Waals surface area contributed by atoms with Gasteiger partial charge in [0.2, 0.25) is 0 Å². The van der Waals surface area contributed by atoms with E-state index in [9.17, 15) is 4.79 Å². The maximum Gasteiger partial charge on any atom is 0.158 e. The lowest BCUT2D eigenvalue weighted by molar-refractivity contribution is -0.117. The molecule has 0 fully saturated rings. The van der Waals surface area contributed by atoms with Crippen LogP contribution >= 0.6 is 0 Å². The summed E-state index contributed by atoms with van der Waals surface area (Å²) >= 11 is 0. The number of hydrogen-bond donors (Lipinski definition) is 0. The van der Waals surface area contributed by atoms with Crippen LogP contribution in [0.25, 0.3) is 0 Å². The molecule has 0 rings (SSSR count). The van der Waals surface area contributed by atoms with Gasteiger partial charge in [0.25, 0.3) is 0 Å². The summed E-state index contributed by atoms with van der Waals surface area (Å²) in [7, 11) is 0. The van der Waals surface area contributed by atoms with Gasteiger partial charge in [-0.15, -0.1) is 0 Å². The summed E-state index contributed by atoms with van der Waals surface area (Å²) in [6.07, 6.45) is 12.4. The maximum absolute atomic E-state index is 11.6. The smallest absolute Gasteiger partial charge is 0.158 e. The zero-order valence-electron chi connectivity index (χ0n) is 15.3. The molecule has 0 aliphatic carbocycles. The van der Waals surface area contributed by atoms with Crippen LogP contribution in [0.4, 0.5) is 0 Å². The molecule has 1 atom stereocenters. The van der Waals surface area contributed by atoms with Gasteiger partial charge in [0.15, 0.2) is 5.78 Å². The van der Waals surface area contributed by atoms with Crippen LogP contribution in [-0.2, 0) is 4.79 Å². The highest BCUT2D eigenvalue weighted by Crippen LogP contribution is 2.28. The van der Waals surface area contributed by atoms with Gasteiger partial charge < -0.3 is 0 Å². The fourth-order valence-corrected chi connectivity index (χ4v) is 2.15. The lowest BCUT2D eigenvalue weighted by Crippen LogP contribution is -2.09. The van der Waals surface area contributed by atoms with Crippen molar-refractivity contribution in [2.75, 3.05) is 0 Å². The van der Waals surface area contributed by atoms with Gasteiger partial charge in [0.05, 0.1) is 0 Å². The lowest BCUT2D eigenvalue weighted by atomic mass is 9.83. The Balaban J connectivity index is 4.05. The van der Waals surface area contributed by atoms with Crippen LogP contribution in [0.15, 0.2) is 23.8 Å². The number of carbonyl (C=O) groups is 1. The Bertz CT molecular complexity index is 358. The second-order valence-corrected chi connectivity index (χ2v) is 7.60. The predicted octanol–water partition coefficient (Wildman–Crippen LogP) is 6.35. The fourth-order valence-electron chi connectivity index (χ4n) is 2.15. The highest BCUT2D eigenvalue weighted by atomic mass is 16.1. The number of rotatable bonds is 10. The normalized spacial score (nSPS) is 15.0. The first-order valence-corrected chi connectivity index (χ1v) is 8.56. The molecule has 122 valence electrons. The summed E-state index contributed by atoms with van der Waals surface area (Å²) in [5.41, 5.74) is 1.56. The van der Waals surface area contributed by atoms with E-state index in [4.69, 9.17) is 0 Å². The van der Waals surface area contributed by atoms with Gasteiger partial charge in [-0.05, 0) is 42.7 Å². The van der Waals surface area contributed by atoms with Crippen molar-refractivity contribution in [1.82, 2.24) is 0 Å². The van der Waals surface area contributed by atoms with E-state index in [-0.39, 0.29) is 11.7 Å². The fraction of sp³-hybridized carbons (Fsp3) is 0.750. The molecule has 0 saturated carbocycles. The first-order valence-electron chi connectivity index (χ1n) is 8.56. The largest absolute Gasteiger partial charge is 0.295 e. The zero-order valence-corrected chi connectivity index (χ0v) is 15.3. The van der Waals surface area contributed by atoms with Crippen molar-refractivity contribution in [2.24, 2.45) is 17.3 Å². The Morgan fingerprint density at radius 3 is 2.33 bits per heavy atom. The van der Waals surface area contributed by atoms with E-state index in [0.717, 1.165) is 17.9 Å². The van der Waals surface area contributed by atoms with Crippen molar-refractivity contribution < 1.29 is 4.79 Å². The Labute approximate surface area is 132 Å². The van der Waals surface area contributed by atoms with E-state index in [1.807, 2.05) is 20.8 Å². The Kier molecular flexibility index (Phi) is 9.57. The van der Waals surface area contributed by atoms with Crippen LogP contribution < -0.4 is 0 Å². The third-order valence-electron chi connectivity index (χ3n) is 4.37. The van der Waals surface area contributed by atoms with Crippen LogP contribution in [0.2, 0.25) is 0 Å². The van der Waals surface area contributed by atoms with Gasteiger partial charge in [0, 0.05) is 5.92 Å². The molecule has 0 aliphatic rings. The van der Waals surface area contributed by atoms with E-state index in [0.29, 0.717) is 5.41 Å². The van der Waals surface area contributed by atoms with Gasteiger partial charge in [-0.3, -0.25) is 4.79 Å². The first-order chi connectivity index (χ1) is 9.68. The summed E-state index contributed by atoms with van der Waals surface area (Å²) in [5.74, 6) is 1.03. The van der Waals surface area contributed by atoms with E-state index in [1.54, 1.807) is 6.08 Å². The van der Waals surface area contributed by atoms with Crippen molar-refractivity contribution in [3.63, 3.8) is 0 Å². The number of carbonyl (C=O) groups excluding carboxylic acids is 1. The molecule has 21 heavy (non-hydrogen) atoms. The molecule has 0 N–H and O–H groups in total. The minimum Gasteiger partial charge on any atom is -0.295 e. The molecule has 0 aromatic carbocycles. The third kappa shape index (κ3) is 10.5. The summed E-state index contributed by atoms with van der Waals surface area (Å²) in [6, 6.07) is 0. The number of allylic oxidation sites excluding steroid dienone is 4. The minimum absolute atomic E-state index is 0.0918. The molecule has 1 heteroatoms. The van der Waals surface area contributed by atoms with Gasteiger partial charge in [-0.25, -0.2) is 0 Å². The van der Waals surface area contributed by atoms with Gasteiger partial charge in [-0.2, -0.15) is 0 Å². The van der Waals surface area contributed by atoms with E-state index in [1.165, 1.54) is 25.7 Å². The highest BCUT2D eigenvalue weighted by molar-refractivity contribution is 5.92. The molecule has 0 aromatic rings. The standard InChI is InChI=1S/C20H36O/c1-8-20(6,7)14-10-13-17(4)11-9-12-18(5)15-19(21)16(2)3/h9,12,15-17H,8,10-11,13-14H2,1-7H3. The Morgan fingerprint density at radius 1 is 1.19 bits per heavy atom. The van der Waals surface area contributed by atoms with Crippen LogP contribution in [0.1, 0.15) is 80.6 Å². The molecule has 0 heterocycles. The first kappa shape index (κ1) is 20.1. The molecule has 0 aliphatic heterocycles. The second kappa shape index (κ2) is 9.97. The van der Waals surface area contributed by atoms with Gasteiger partial charge >= 0.3 is 0 Å². The lowest BCUT2D eigenvalue weighted by Gasteiger charge is -2.23. The molecule has 1 nitrogen and oxygen atoms in total. The summed E-state index contributed by atoms with van der Waals surface area (Å²) in [4.78, 5) is 11.6. The molecule has 0 bridgehead atoms. The molecule has 0 aromatic heterocycles. The maximum atomic E-state index is 11.6. The van der Waals surface area contributed by atoms with Crippen LogP contribution in [-0.4, -0.2) is 5.78 Å². The zero-order chi connectivity index (χ0) is 16.5. The quantitative estimate of drug-likeness (QED) is 0.339. The van der Waals surface area contributed by atoms with E-state index >= 15 is 0 Å². The van der Waals surface area contributed by atoms with Crippen molar-refractivity contribution in [1.29, 1.82) is 0 Å². The Morgan fingerprint density at radius 2 is 1.81 bits per heavy atom. The van der Waals surface area contributed by atoms with Crippen molar-refractivity contribution in [3.8, 4) is 0 Å². The van der Waals surface area contributed by atoms with Gasteiger partial charge in [0.1, 0.15) is 0 Å². The molecule has 0 spiro atoms. The minimum atomic E-state index is 0.0918. The highest BCUT2D eigenvalue weighted by Gasteiger charge is 2.14. The average molecular weight is 293 g/mol. The second-order valence-electron chi connectivity index (χ2n) is 7.60. The predicted molar refractivity (Wildman–Crippen MR) is 94.4 cm³/mol.